The lowest BCUT2D eigenvalue weighted by Gasteiger charge is -2.43. The van der Waals surface area contributed by atoms with Crippen LogP contribution in [0, 0.1) is 5.92 Å². The van der Waals surface area contributed by atoms with Crippen LogP contribution < -0.4 is 0 Å². The van der Waals surface area contributed by atoms with Crippen molar-refractivity contribution in [2.24, 2.45) is 5.92 Å². The Morgan fingerprint density at radius 2 is 1.06 bits per heavy atom. The molecule has 10 nitrogen and oxygen atoms in total. The number of hydrogen-bond donors (Lipinski definition) is 1. The molecular formula is C25H23N9O. The first-order valence-corrected chi connectivity index (χ1v) is 11.9. The van der Waals surface area contributed by atoms with Crippen molar-refractivity contribution in [3.63, 3.8) is 0 Å². The molecule has 3 aromatic carbocycles. The first kappa shape index (κ1) is 20.2. The lowest BCUT2D eigenvalue weighted by atomic mass is 9.81. The number of benzene rings is 3. The van der Waals surface area contributed by atoms with Crippen LogP contribution in [0.15, 0.2) is 72.8 Å². The smallest absolute Gasteiger partial charge is 0.258 e. The van der Waals surface area contributed by atoms with Crippen LogP contribution in [0.2, 0.25) is 0 Å². The Balaban J connectivity index is 1.66. The Morgan fingerprint density at radius 1 is 0.629 bits per heavy atom. The minimum atomic E-state index is -1.12. The number of para-hydroxylation sites is 3. The van der Waals surface area contributed by atoms with E-state index in [0.717, 1.165) is 52.4 Å². The van der Waals surface area contributed by atoms with Gasteiger partial charge in [-0.05, 0) is 55.7 Å². The lowest BCUT2D eigenvalue weighted by Crippen LogP contribution is -2.56. The second-order valence-corrected chi connectivity index (χ2v) is 9.17. The SMILES string of the molecule is OC1CCCC(C(n2nnc3ccccc32)(n2nnc3ccccc32)n2nnc3ccccc32)C1. The number of hydrogen-bond acceptors (Lipinski definition) is 7. The maximum atomic E-state index is 10.8. The monoisotopic (exact) mass is 465 g/mol. The van der Waals surface area contributed by atoms with Crippen LogP contribution >= 0.6 is 0 Å². The molecule has 0 amide bonds. The second kappa shape index (κ2) is 7.67. The molecule has 1 fully saturated rings. The summed E-state index contributed by atoms with van der Waals surface area (Å²) in [5.41, 5.74) is 4.82. The summed E-state index contributed by atoms with van der Waals surface area (Å²) in [6.45, 7) is 0. The number of aliphatic hydroxyl groups excluding tert-OH is 1. The first-order chi connectivity index (χ1) is 17.3. The van der Waals surface area contributed by atoms with Gasteiger partial charge in [0.15, 0.2) is 0 Å². The molecule has 2 atom stereocenters. The third kappa shape index (κ3) is 2.86. The van der Waals surface area contributed by atoms with Gasteiger partial charge in [0, 0.05) is 5.92 Å². The van der Waals surface area contributed by atoms with E-state index in [1.54, 1.807) is 0 Å². The number of aliphatic hydroxyl groups is 1. The molecule has 1 N–H and O–H groups in total. The molecule has 6 aromatic rings. The zero-order chi connectivity index (χ0) is 23.4. The molecule has 174 valence electrons. The minimum absolute atomic E-state index is 0.119. The fourth-order valence-electron chi connectivity index (χ4n) is 5.64. The summed E-state index contributed by atoms with van der Waals surface area (Å²) < 4.78 is 5.69. The molecule has 0 bridgehead atoms. The molecule has 1 saturated carbocycles. The van der Waals surface area contributed by atoms with E-state index in [4.69, 9.17) is 15.6 Å². The van der Waals surface area contributed by atoms with E-state index in [2.05, 4.69) is 15.3 Å². The molecule has 1 aliphatic carbocycles. The van der Waals surface area contributed by atoms with Crippen molar-refractivity contribution in [2.75, 3.05) is 0 Å². The van der Waals surface area contributed by atoms with Crippen molar-refractivity contribution in [3.8, 4) is 0 Å². The van der Waals surface area contributed by atoms with E-state index < -0.39 is 11.9 Å². The van der Waals surface area contributed by atoms with Crippen LogP contribution in [0.25, 0.3) is 33.1 Å². The van der Waals surface area contributed by atoms with Gasteiger partial charge in [0.25, 0.3) is 5.79 Å². The molecule has 1 aliphatic rings. The fraction of sp³-hybridized carbons (Fsp3) is 0.280. The van der Waals surface area contributed by atoms with Gasteiger partial charge in [-0.3, -0.25) is 0 Å². The highest BCUT2D eigenvalue weighted by Gasteiger charge is 2.51. The van der Waals surface area contributed by atoms with Gasteiger partial charge in [-0.2, -0.15) is 14.0 Å². The summed E-state index contributed by atoms with van der Waals surface area (Å²) >= 11 is 0. The van der Waals surface area contributed by atoms with Crippen molar-refractivity contribution in [1.82, 2.24) is 45.0 Å². The fourth-order valence-corrected chi connectivity index (χ4v) is 5.64. The summed E-state index contributed by atoms with van der Waals surface area (Å²) in [5, 5.41) is 38.5. The van der Waals surface area contributed by atoms with Gasteiger partial charge in [0.05, 0.1) is 22.7 Å². The van der Waals surface area contributed by atoms with E-state index in [0.29, 0.717) is 6.42 Å². The molecule has 7 rings (SSSR count). The maximum Gasteiger partial charge on any atom is 0.258 e. The quantitative estimate of drug-likeness (QED) is 0.425. The molecule has 0 radical (unpaired) electrons. The number of rotatable bonds is 4. The Labute approximate surface area is 199 Å². The van der Waals surface area contributed by atoms with E-state index in [-0.39, 0.29) is 5.92 Å². The van der Waals surface area contributed by atoms with Crippen molar-refractivity contribution in [3.05, 3.63) is 72.8 Å². The lowest BCUT2D eigenvalue weighted by molar-refractivity contribution is -0.0126. The van der Waals surface area contributed by atoms with Crippen molar-refractivity contribution in [1.29, 1.82) is 0 Å². The second-order valence-electron chi connectivity index (χ2n) is 9.17. The number of aromatic nitrogens is 9. The van der Waals surface area contributed by atoms with Gasteiger partial charge >= 0.3 is 0 Å². The normalized spacial score (nSPS) is 19.1. The molecular weight excluding hydrogens is 442 g/mol. The standard InChI is InChI=1S/C25H23N9O/c35-18-9-7-8-17(16-18)25(32-22-13-4-1-10-19(22)26-29-32,33-23-14-5-2-11-20(23)27-30-33)34-24-15-6-3-12-21(24)28-31-34/h1-6,10-15,17-18,35H,7-9,16H2. The average molecular weight is 466 g/mol. The number of nitrogens with zero attached hydrogens (tertiary/aromatic N) is 9. The largest absolute Gasteiger partial charge is 0.393 e. The van der Waals surface area contributed by atoms with Crippen LogP contribution in [-0.2, 0) is 5.79 Å². The van der Waals surface area contributed by atoms with Crippen molar-refractivity contribution in [2.45, 2.75) is 37.6 Å². The molecule has 2 unspecified atom stereocenters. The summed E-state index contributed by atoms with van der Waals surface area (Å²) in [6.07, 6.45) is 2.59. The van der Waals surface area contributed by atoms with Crippen molar-refractivity contribution < 1.29 is 5.11 Å². The molecule has 3 heterocycles. The summed E-state index contributed by atoms with van der Waals surface area (Å²) in [5.74, 6) is -1.24. The van der Waals surface area contributed by atoms with Gasteiger partial charge in [-0.1, -0.05) is 58.5 Å². The summed E-state index contributed by atoms with van der Waals surface area (Å²) in [6, 6.07) is 23.6. The third-order valence-electron chi connectivity index (χ3n) is 7.18. The topological polar surface area (TPSA) is 112 Å². The molecule has 10 heteroatoms. The van der Waals surface area contributed by atoms with Crippen LogP contribution in [0.3, 0.4) is 0 Å². The average Bonchev–Trinajstić information content (AvgIpc) is 3.63. The van der Waals surface area contributed by atoms with Crippen LogP contribution in [-0.4, -0.2) is 56.2 Å². The molecule has 3 aromatic heterocycles. The Morgan fingerprint density at radius 3 is 1.49 bits per heavy atom. The maximum absolute atomic E-state index is 10.8. The predicted molar refractivity (Wildman–Crippen MR) is 129 cm³/mol. The molecule has 0 saturated heterocycles. The van der Waals surface area contributed by atoms with Gasteiger partial charge in [0.1, 0.15) is 16.6 Å². The molecule has 35 heavy (non-hydrogen) atoms. The van der Waals surface area contributed by atoms with Gasteiger partial charge < -0.3 is 5.11 Å². The zero-order valence-electron chi connectivity index (χ0n) is 18.9. The highest BCUT2D eigenvalue weighted by molar-refractivity contribution is 5.78. The predicted octanol–water partition coefficient (Wildman–Crippen LogP) is 3.18. The zero-order valence-corrected chi connectivity index (χ0v) is 18.9. The van der Waals surface area contributed by atoms with Gasteiger partial charge in [-0.15, -0.1) is 15.3 Å². The number of fused-ring (bicyclic) bond motifs is 3. The van der Waals surface area contributed by atoms with Crippen LogP contribution in [0.5, 0.6) is 0 Å². The van der Waals surface area contributed by atoms with E-state index in [9.17, 15) is 5.11 Å². The van der Waals surface area contributed by atoms with Crippen LogP contribution in [0.4, 0.5) is 0 Å². The third-order valence-corrected chi connectivity index (χ3v) is 7.18. The minimum Gasteiger partial charge on any atom is -0.393 e. The van der Waals surface area contributed by atoms with Crippen molar-refractivity contribution >= 4 is 33.1 Å². The van der Waals surface area contributed by atoms with Crippen LogP contribution in [0.1, 0.15) is 25.7 Å². The highest BCUT2D eigenvalue weighted by Crippen LogP contribution is 2.42. The Hall–Kier alpha value is -4.18. The first-order valence-electron chi connectivity index (χ1n) is 11.9. The van der Waals surface area contributed by atoms with Gasteiger partial charge in [-0.25, -0.2) is 0 Å². The van der Waals surface area contributed by atoms with E-state index >= 15 is 0 Å². The summed E-state index contributed by atoms with van der Waals surface area (Å²) in [4.78, 5) is 0. The van der Waals surface area contributed by atoms with Gasteiger partial charge in [0.2, 0.25) is 0 Å². The Kier molecular flexibility index (Phi) is 4.43. The van der Waals surface area contributed by atoms with E-state index in [1.165, 1.54) is 0 Å². The molecule has 0 spiro atoms. The van der Waals surface area contributed by atoms with E-state index in [1.807, 2.05) is 86.8 Å². The Bertz CT molecular complexity index is 1490. The highest BCUT2D eigenvalue weighted by atomic mass is 16.3. The summed E-state index contributed by atoms with van der Waals surface area (Å²) in [7, 11) is 0. The molecule has 0 aliphatic heterocycles.